The molecule has 0 aliphatic rings. The molecule has 2 aromatic rings. The molecule has 2 rings (SSSR count). The summed E-state index contributed by atoms with van der Waals surface area (Å²) in [5.41, 5.74) is 2.99. The number of benzene rings is 1. The summed E-state index contributed by atoms with van der Waals surface area (Å²) in [7, 11) is 0. The Kier molecular flexibility index (Phi) is 7.56. The summed E-state index contributed by atoms with van der Waals surface area (Å²) >= 11 is 0. The van der Waals surface area contributed by atoms with Gasteiger partial charge in [0, 0.05) is 12.0 Å². The van der Waals surface area contributed by atoms with Crippen molar-refractivity contribution in [2.75, 3.05) is 11.3 Å². The maximum Gasteiger partial charge on any atom is 0.263 e. The Morgan fingerprint density at radius 3 is 2.65 bits per heavy atom. The zero-order valence-electron chi connectivity index (χ0n) is 10.7. The molecule has 0 fully saturated rings. The number of aromatic nitrogens is 3. The standard InChI is InChI=1S/C11H13FN6.2ClH/c1-2-10-15-17-11(18(10)13)16-14-7-8-5-3-4-6-9(8)12;;/h3-7H,2,13H2,1H3,(H,16,17);2*1H/b14-7+;;. The Labute approximate surface area is 128 Å². The number of hydrogen-bond donors (Lipinski definition) is 2. The smallest absolute Gasteiger partial charge is 0.263 e. The normalized spacial score (nSPS) is 9.90. The van der Waals surface area contributed by atoms with Crippen LogP contribution in [0.2, 0.25) is 0 Å². The van der Waals surface area contributed by atoms with Crippen molar-refractivity contribution in [3.05, 3.63) is 41.5 Å². The number of nitrogen functional groups attached to an aromatic ring is 1. The minimum Gasteiger partial charge on any atom is -0.335 e. The van der Waals surface area contributed by atoms with Crippen LogP contribution in [-0.4, -0.2) is 21.1 Å². The van der Waals surface area contributed by atoms with Crippen molar-refractivity contribution in [2.24, 2.45) is 5.10 Å². The highest BCUT2D eigenvalue weighted by Gasteiger charge is 2.05. The van der Waals surface area contributed by atoms with E-state index in [1.54, 1.807) is 18.2 Å². The van der Waals surface area contributed by atoms with Crippen LogP contribution in [0.15, 0.2) is 29.4 Å². The third kappa shape index (κ3) is 4.07. The number of hydrogen-bond acceptors (Lipinski definition) is 5. The molecular formula is C11H15Cl2FN6. The maximum absolute atomic E-state index is 13.3. The van der Waals surface area contributed by atoms with Crippen LogP contribution >= 0.6 is 24.8 Å². The molecule has 6 nitrogen and oxygen atoms in total. The number of halogens is 3. The first-order valence-corrected chi connectivity index (χ1v) is 5.45. The molecule has 0 saturated carbocycles. The molecule has 0 bridgehead atoms. The predicted octanol–water partition coefficient (Wildman–Crippen LogP) is 1.98. The van der Waals surface area contributed by atoms with E-state index in [1.165, 1.54) is 17.0 Å². The first-order chi connectivity index (χ1) is 8.72. The average molecular weight is 321 g/mol. The molecule has 0 radical (unpaired) electrons. The minimum absolute atomic E-state index is 0. The van der Waals surface area contributed by atoms with Crippen LogP contribution in [-0.2, 0) is 6.42 Å². The Balaban J connectivity index is 0.00000180. The Hall–Kier alpha value is -1.86. The quantitative estimate of drug-likeness (QED) is 0.513. The number of aryl methyl sites for hydroxylation is 1. The van der Waals surface area contributed by atoms with Crippen molar-refractivity contribution in [1.29, 1.82) is 0 Å². The highest BCUT2D eigenvalue weighted by atomic mass is 35.5. The van der Waals surface area contributed by atoms with Gasteiger partial charge in [-0.1, -0.05) is 25.1 Å². The van der Waals surface area contributed by atoms with E-state index in [-0.39, 0.29) is 30.6 Å². The van der Waals surface area contributed by atoms with E-state index in [9.17, 15) is 4.39 Å². The van der Waals surface area contributed by atoms with Gasteiger partial charge in [0.05, 0.1) is 6.21 Å². The third-order valence-electron chi connectivity index (χ3n) is 2.36. The predicted molar refractivity (Wildman–Crippen MR) is 81.7 cm³/mol. The summed E-state index contributed by atoms with van der Waals surface area (Å²) < 4.78 is 14.6. The van der Waals surface area contributed by atoms with Gasteiger partial charge in [-0.15, -0.1) is 35.0 Å². The highest BCUT2D eigenvalue weighted by molar-refractivity contribution is 5.85. The largest absolute Gasteiger partial charge is 0.335 e. The summed E-state index contributed by atoms with van der Waals surface area (Å²) in [6.45, 7) is 1.92. The van der Waals surface area contributed by atoms with E-state index in [2.05, 4.69) is 20.7 Å². The Morgan fingerprint density at radius 2 is 2.05 bits per heavy atom. The lowest BCUT2D eigenvalue weighted by Gasteiger charge is -2.00. The maximum atomic E-state index is 13.3. The van der Waals surface area contributed by atoms with Gasteiger partial charge in [0.1, 0.15) is 5.82 Å². The topological polar surface area (TPSA) is 81.1 Å². The SMILES string of the molecule is CCc1nnc(N/N=C/c2ccccc2F)n1N.Cl.Cl. The van der Waals surface area contributed by atoms with Crippen LogP contribution in [0.25, 0.3) is 0 Å². The number of anilines is 1. The van der Waals surface area contributed by atoms with Crippen LogP contribution in [0.4, 0.5) is 10.3 Å². The molecule has 20 heavy (non-hydrogen) atoms. The van der Waals surface area contributed by atoms with Gasteiger partial charge in [-0.05, 0) is 6.07 Å². The molecule has 0 unspecified atom stereocenters. The van der Waals surface area contributed by atoms with Gasteiger partial charge in [-0.3, -0.25) is 0 Å². The Morgan fingerprint density at radius 1 is 1.35 bits per heavy atom. The van der Waals surface area contributed by atoms with Crippen molar-refractivity contribution < 1.29 is 4.39 Å². The van der Waals surface area contributed by atoms with Crippen molar-refractivity contribution in [2.45, 2.75) is 13.3 Å². The zero-order chi connectivity index (χ0) is 13.0. The lowest BCUT2D eigenvalue weighted by Crippen LogP contribution is -2.14. The van der Waals surface area contributed by atoms with Crippen LogP contribution in [0, 0.1) is 5.82 Å². The van der Waals surface area contributed by atoms with Crippen molar-refractivity contribution in [3.63, 3.8) is 0 Å². The first kappa shape index (κ1) is 18.1. The van der Waals surface area contributed by atoms with Crippen LogP contribution in [0.1, 0.15) is 18.3 Å². The molecule has 110 valence electrons. The fraction of sp³-hybridized carbons (Fsp3) is 0.182. The Bertz CT molecular complexity index is 572. The number of hydrazone groups is 1. The molecule has 0 amide bonds. The number of nitrogens with one attached hydrogen (secondary N) is 1. The van der Waals surface area contributed by atoms with Gasteiger partial charge in [0.2, 0.25) is 0 Å². The molecule has 0 saturated heterocycles. The summed E-state index contributed by atoms with van der Waals surface area (Å²) in [4.78, 5) is 0. The number of nitrogens with two attached hydrogens (primary N) is 1. The molecule has 1 aromatic carbocycles. The second-order valence-electron chi connectivity index (χ2n) is 3.55. The van der Waals surface area contributed by atoms with Gasteiger partial charge >= 0.3 is 0 Å². The monoisotopic (exact) mass is 320 g/mol. The van der Waals surface area contributed by atoms with Crippen LogP contribution in [0.3, 0.4) is 0 Å². The van der Waals surface area contributed by atoms with Gasteiger partial charge < -0.3 is 5.84 Å². The van der Waals surface area contributed by atoms with Gasteiger partial charge in [-0.2, -0.15) is 5.10 Å². The summed E-state index contributed by atoms with van der Waals surface area (Å²) in [6, 6.07) is 6.32. The minimum atomic E-state index is -0.341. The lowest BCUT2D eigenvalue weighted by atomic mass is 10.2. The van der Waals surface area contributed by atoms with E-state index in [0.717, 1.165) is 0 Å². The van der Waals surface area contributed by atoms with E-state index < -0.39 is 0 Å². The third-order valence-corrected chi connectivity index (χ3v) is 2.36. The highest BCUT2D eigenvalue weighted by Crippen LogP contribution is 2.05. The molecule has 0 aliphatic heterocycles. The average Bonchev–Trinajstić information content (AvgIpc) is 2.73. The van der Waals surface area contributed by atoms with E-state index >= 15 is 0 Å². The van der Waals surface area contributed by atoms with Gasteiger partial charge in [0.25, 0.3) is 5.95 Å². The van der Waals surface area contributed by atoms with E-state index in [1.807, 2.05) is 6.92 Å². The van der Waals surface area contributed by atoms with Gasteiger partial charge in [-0.25, -0.2) is 14.5 Å². The second-order valence-corrected chi connectivity index (χ2v) is 3.55. The van der Waals surface area contributed by atoms with E-state index in [0.29, 0.717) is 23.8 Å². The van der Waals surface area contributed by atoms with Crippen molar-refractivity contribution in [3.8, 4) is 0 Å². The zero-order valence-corrected chi connectivity index (χ0v) is 12.3. The summed E-state index contributed by atoms with van der Waals surface area (Å²) in [6.07, 6.45) is 2.03. The molecule has 0 spiro atoms. The van der Waals surface area contributed by atoms with Crippen molar-refractivity contribution >= 4 is 37.0 Å². The summed E-state index contributed by atoms with van der Waals surface area (Å²) in [5.74, 6) is 6.31. The molecule has 9 heteroatoms. The van der Waals surface area contributed by atoms with Crippen LogP contribution < -0.4 is 11.3 Å². The van der Waals surface area contributed by atoms with Crippen molar-refractivity contribution in [1.82, 2.24) is 14.9 Å². The molecular weight excluding hydrogens is 306 g/mol. The molecule has 0 atom stereocenters. The lowest BCUT2D eigenvalue weighted by molar-refractivity contribution is 0.626. The summed E-state index contributed by atoms with van der Waals surface area (Å²) in [5, 5.41) is 11.5. The fourth-order valence-electron chi connectivity index (χ4n) is 1.38. The number of nitrogens with zero attached hydrogens (tertiary/aromatic N) is 4. The second kappa shape index (κ2) is 8.34. The van der Waals surface area contributed by atoms with E-state index in [4.69, 9.17) is 5.84 Å². The van der Waals surface area contributed by atoms with Gasteiger partial charge in [0.15, 0.2) is 5.82 Å². The molecule has 1 aromatic heterocycles. The fourth-order valence-corrected chi connectivity index (χ4v) is 1.38. The van der Waals surface area contributed by atoms with Crippen LogP contribution in [0.5, 0.6) is 0 Å². The molecule has 3 N–H and O–H groups in total. The molecule has 0 aliphatic carbocycles. The molecule has 1 heterocycles. The number of rotatable bonds is 4. The first-order valence-electron chi connectivity index (χ1n) is 5.45.